The van der Waals surface area contributed by atoms with E-state index in [-0.39, 0.29) is 11.3 Å². The Kier molecular flexibility index (Phi) is 5.20. The lowest BCUT2D eigenvalue weighted by Crippen LogP contribution is -2.54. The van der Waals surface area contributed by atoms with Crippen LogP contribution in [0.5, 0.6) is 0 Å². The number of furan rings is 1. The first kappa shape index (κ1) is 19.9. The Morgan fingerprint density at radius 2 is 1.77 bits per heavy atom. The number of anilines is 1. The van der Waals surface area contributed by atoms with Gasteiger partial charge in [0.25, 0.3) is 11.8 Å². The second-order valence-corrected chi connectivity index (χ2v) is 7.44. The Bertz CT molecular complexity index is 1230. The molecule has 1 aromatic heterocycles. The molecule has 1 N–H and O–H groups in total. The molecule has 0 spiro atoms. The number of imide groups is 2. The molecule has 1 aliphatic rings. The van der Waals surface area contributed by atoms with Crippen molar-refractivity contribution in [2.75, 3.05) is 4.90 Å². The zero-order chi connectivity index (χ0) is 21.4. The normalized spacial score (nSPS) is 15.6. The van der Waals surface area contributed by atoms with E-state index in [0.717, 1.165) is 10.5 Å². The summed E-state index contributed by atoms with van der Waals surface area (Å²) in [5, 5.41) is 2.98. The number of barbiturate groups is 1. The number of aryl methyl sites for hydroxylation is 1. The zero-order valence-electron chi connectivity index (χ0n) is 15.6. The highest BCUT2D eigenvalue weighted by Gasteiger charge is 2.37. The molecule has 3 aromatic rings. The predicted molar refractivity (Wildman–Crippen MR) is 114 cm³/mol. The lowest BCUT2D eigenvalue weighted by atomic mass is 10.1. The third kappa shape index (κ3) is 3.75. The molecule has 2 heterocycles. The summed E-state index contributed by atoms with van der Waals surface area (Å²) in [4.78, 5) is 38.4. The Balaban J connectivity index is 1.68. The van der Waals surface area contributed by atoms with E-state index in [2.05, 4.69) is 5.32 Å². The molecule has 1 saturated heterocycles. The first-order valence-corrected chi connectivity index (χ1v) is 9.62. The highest BCUT2D eigenvalue weighted by atomic mass is 35.5. The van der Waals surface area contributed by atoms with Crippen molar-refractivity contribution < 1.29 is 18.8 Å². The van der Waals surface area contributed by atoms with E-state index in [1.807, 2.05) is 13.0 Å². The molecule has 6 nitrogen and oxygen atoms in total. The number of benzene rings is 2. The van der Waals surface area contributed by atoms with Crippen molar-refractivity contribution in [1.82, 2.24) is 5.32 Å². The Labute approximate surface area is 181 Å². The van der Waals surface area contributed by atoms with Gasteiger partial charge in [-0.15, -0.1) is 0 Å². The molecule has 4 amide bonds. The molecule has 150 valence electrons. The average molecular weight is 441 g/mol. The molecular formula is C22H14Cl2N2O4. The molecule has 0 unspecified atom stereocenters. The monoisotopic (exact) mass is 440 g/mol. The number of rotatable bonds is 3. The average Bonchev–Trinajstić information content (AvgIpc) is 3.16. The molecule has 0 saturated carbocycles. The number of hydrogen-bond acceptors (Lipinski definition) is 4. The molecule has 4 rings (SSSR count). The number of carbonyl (C=O) groups excluding carboxylic acids is 3. The third-order valence-electron chi connectivity index (χ3n) is 4.48. The second-order valence-electron chi connectivity index (χ2n) is 6.63. The number of urea groups is 1. The van der Waals surface area contributed by atoms with E-state index < -0.39 is 17.8 Å². The summed E-state index contributed by atoms with van der Waals surface area (Å²) in [7, 11) is 0. The van der Waals surface area contributed by atoms with Crippen LogP contribution in [-0.4, -0.2) is 17.8 Å². The minimum atomic E-state index is -0.802. The fourth-order valence-electron chi connectivity index (χ4n) is 3.04. The maximum Gasteiger partial charge on any atom is 0.335 e. The number of amides is 4. The highest BCUT2D eigenvalue weighted by molar-refractivity contribution is 6.42. The van der Waals surface area contributed by atoms with Crippen molar-refractivity contribution in [3.8, 4) is 11.3 Å². The van der Waals surface area contributed by atoms with Crippen molar-refractivity contribution in [3.63, 3.8) is 0 Å². The summed E-state index contributed by atoms with van der Waals surface area (Å²) in [5.41, 5.74) is 1.70. The largest absolute Gasteiger partial charge is 0.457 e. The van der Waals surface area contributed by atoms with Crippen LogP contribution in [0.25, 0.3) is 17.4 Å². The van der Waals surface area contributed by atoms with Gasteiger partial charge < -0.3 is 4.42 Å². The summed E-state index contributed by atoms with van der Waals surface area (Å²) >= 11 is 12.0. The van der Waals surface area contributed by atoms with Gasteiger partial charge in [-0.25, -0.2) is 9.69 Å². The minimum absolute atomic E-state index is 0.217. The summed E-state index contributed by atoms with van der Waals surface area (Å²) in [6.07, 6.45) is 1.30. The maximum atomic E-state index is 12.9. The summed E-state index contributed by atoms with van der Waals surface area (Å²) < 4.78 is 5.74. The summed E-state index contributed by atoms with van der Waals surface area (Å²) in [6.45, 7) is 1.84. The Hall–Kier alpha value is -3.35. The van der Waals surface area contributed by atoms with E-state index in [4.69, 9.17) is 27.6 Å². The van der Waals surface area contributed by atoms with Gasteiger partial charge in [-0.3, -0.25) is 14.9 Å². The molecule has 1 fully saturated rings. The van der Waals surface area contributed by atoms with Crippen LogP contribution in [0, 0.1) is 6.92 Å². The lowest BCUT2D eigenvalue weighted by Gasteiger charge is -2.26. The van der Waals surface area contributed by atoms with Crippen LogP contribution in [0.4, 0.5) is 10.5 Å². The van der Waals surface area contributed by atoms with Crippen molar-refractivity contribution in [2.45, 2.75) is 6.92 Å². The molecule has 0 aliphatic carbocycles. The van der Waals surface area contributed by atoms with Gasteiger partial charge in [0.2, 0.25) is 0 Å². The quantitative estimate of drug-likeness (QED) is 0.446. The minimum Gasteiger partial charge on any atom is -0.457 e. The lowest BCUT2D eigenvalue weighted by molar-refractivity contribution is -0.122. The molecule has 1 aliphatic heterocycles. The van der Waals surface area contributed by atoms with Gasteiger partial charge in [0.05, 0.1) is 15.7 Å². The second kappa shape index (κ2) is 7.82. The van der Waals surface area contributed by atoms with E-state index >= 15 is 0 Å². The number of hydrogen-bond donors (Lipinski definition) is 1. The van der Waals surface area contributed by atoms with Gasteiger partial charge in [-0.1, -0.05) is 35.3 Å². The van der Waals surface area contributed by atoms with Gasteiger partial charge in [-0.05, 0) is 61.0 Å². The van der Waals surface area contributed by atoms with E-state index in [1.165, 1.54) is 6.08 Å². The van der Waals surface area contributed by atoms with Crippen LogP contribution in [-0.2, 0) is 9.59 Å². The van der Waals surface area contributed by atoms with Crippen molar-refractivity contribution in [3.05, 3.63) is 81.5 Å². The summed E-state index contributed by atoms with van der Waals surface area (Å²) in [5.74, 6) is -0.771. The Morgan fingerprint density at radius 3 is 2.50 bits per heavy atom. The fraction of sp³-hybridized carbons (Fsp3) is 0.0455. The van der Waals surface area contributed by atoms with Gasteiger partial charge in [0.15, 0.2) is 0 Å². The first-order chi connectivity index (χ1) is 14.3. The molecule has 8 heteroatoms. The van der Waals surface area contributed by atoms with Crippen molar-refractivity contribution in [1.29, 1.82) is 0 Å². The van der Waals surface area contributed by atoms with Crippen LogP contribution in [0.2, 0.25) is 10.0 Å². The number of carbonyl (C=O) groups is 3. The Morgan fingerprint density at radius 1 is 0.967 bits per heavy atom. The van der Waals surface area contributed by atoms with Crippen LogP contribution < -0.4 is 10.2 Å². The van der Waals surface area contributed by atoms with Gasteiger partial charge in [0.1, 0.15) is 17.1 Å². The number of halogens is 2. The van der Waals surface area contributed by atoms with E-state index in [1.54, 1.807) is 48.5 Å². The topological polar surface area (TPSA) is 79.6 Å². The number of nitrogens with one attached hydrogen (secondary N) is 1. The van der Waals surface area contributed by atoms with Crippen LogP contribution in [0.15, 0.2) is 64.6 Å². The third-order valence-corrected chi connectivity index (χ3v) is 5.22. The van der Waals surface area contributed by atoms with Crippen LogP contribution >= 0.6 is 23.2 Å². The molecule has 2 aromatic carbocycles. The predicted octanol–water partition coefficient (Wildman–Crippen LogP) is 5.23. The molecule has 30 heavy (non-hydrogen) atoms. The standard InChI is InChI=1S/C22H14Cl2N2O4/c1-12-3-2-4-14(9-12)26-21(28)16(20(27)25-22(26)29)11-15-6-8-19(30-15)13-5-7-17(23)18(24)10-13/h2-11H,1H3,(H,25,27,29)/b16-11-. The van der Waals surface area contributed by atoms with E-state index in [0.29, 0.717) is 27.1 Å². The van der Waals surface area contributed by atoms with Crippen LogP contribution in [0.1, 0.15) is 11.3 Å². The summed E-state index contributed by atoms with van der Waals surface area (Å²) in [6, 6.07) is 14.4. The fourth-order valence-corrected chi connectivity index (χ4v) is 3.33. The first-order valence-electron chi connectivity index (χ1n) is 8.87. The zero-order valence-corrected chi connectivity index (χ0v) is 17.1. The number of nitrogens with zero attached hydrogens (tertiary/aromatic N) is 1. The van der Waals surface area contributed by atoms with Crippen molar-refractivity contribution >= 4 is 52.8 Å². The molecular weight excluding hydrogens is 427 g/mol. The van der Waals surface area contributed by atoms with Crippen molar-refractivity contribution in [2.24, 2.45) is 0 Å². The highest BCUT2D eigenvalue weighted by Crippen LogP contribution is 2.30. The SMILES string of the molecule is Cc1cccc(N2C(=O)NC(=O)/C(=C/c3ccc(-c4ccc(Cl)c(Cl)c4)o3)C2=O)c1. The van der Waals surface area contributed by atoms with Gasteiger partial charge in [-0.2, -0.15) is 0 Å². The van der Waals surface area contributed by atoms with Gasteiger partial charge >= 0.3 is 6.03 Å². The molecule has 0 bridgehead atoms. The smallest absolute Gasteiger partial charge is 0.335 e. The van der Waals surface area contributed by atoms with Crippen LogP contribution in [0.3, 0.4) is 0 Å². The molecule has 0 atom stereocenters. The van der Waals surface area contributed by atoms with E-state index in [9.17, 15) is 14.4 Å². The maximum absolute atomic E-state index is 12.9. The van der Waals surface area contributed by atoms with Gasteiger partial charge in [0, 0.05) is 5.56 Å². The molecule has 0 radical (unpaired) electrons.